The summed E-state index contributed by atoms with van der Waals surface area (Å²) in [5.74, 6) is 1.23. The lowest BCUT2D eigenvalue weighted by molar-refractivity contribution is 0.476. The zero-order chi connectivity index (χ0) is 18.1. The van der Waals surface area contributed by atoms with Crippen LogP contribution in [0.1, 0.15) is 42.0 Å². The van der Waals surface area contributed by atoms with Crippen LogP contribution in [0.2, 0.25) is 0 Å². The number of nitrogens with zero attached hydrogens (tertiary/aromatic N) is 2. The molecule has 3 aromatic rings. The van der Waals surface area contributed by atoms with Crippen LogP contribution in [-0.2, 0) is 6.54 Å². The van der Waals surface area contributed by atoms with Crippen molar-refractivity contribution in [3.8, 4) is 17.1 Å². The Morgan fingerprint density at radius 2 is 1.80 bits per heavy atom. The van der Waals surface area contributed by atoms with Crippen LogP contribution < -0.4 is 0 Å². The van der Waals surface area contributed by atoms with Gasteiger partial charge in [0.05, 0.1) is 12.1 Å². The number of aryl methyl sites for hydroxylation is 2. The van der Waals surface area contributed by atoms with E-state index in [4.69, 9.17) is 12.2 Å². The Bertz CT molecular complexity index is 949. The summed E-state index contributed by atoms with van der Waals surface area (Å²) in [5.41, 5.74) is 5.45. The van der Waals surface area contributed by atoms with Gasteiger partial charge in [-0.1, -0.05) is 49.2 Å². The Morgan fingerprint density at radius 3 is 2.44 bits per heavy atom. The maximum Gasteiger partial charge on any atom is 0.195 e. The number of hydrogen-bond acceptors (Lipinski definition) is 3. The van der Waals surface area contributed by atoms with E-state index in [0.29, 0.717) is 28.6 Å². The lowest BCUT2D eigenvalue weighted by Gasteiger charge is -2.12. The molecule has 0 bridgehead atoms. The molecule has 0 atom stereocenters. The van der Waals surface area contributed by atoms with E-state index in [2.05, 4.69) is 56.1 Å². The second kappa shape index (κ2) is 6.84. The second-order valence-electron chi connectivity index (χ2n) is 6.87. The van der Waals surface area contributed by atoms with E-state index in [1.165, 1.54) is 11.1 Å². The zero-order valence-corrected chi connectivity index (χ0v) is 15.8. The van der Waals surface area contributed by atoms with Gasteiger partial charge in [-0.25, -0.2) is 0 Å². The van der Waals surface area contributed by atoms with Crippen LogP contribution in [0.5, 0.6) is 5.75 Å². The van der Waals surface area contributed by atoms with Gasteiger partial charge in [0.25, 0.3) is 0 Å². The number of phenolic OH excluding ortho intramolecular Hbond substituents is 1. The number of hydrogen-bond donors (Lipinski definition) is 2. The predicted octanol–water partition coefficient (Wildman–Crippen LogP) is 5.10. The fourth-order valence-corrected chi connectivity index (χ4v) is 3.30. The minimum Gasteiger partial charge on any atom is -0.507 e. The summed E-state index contributed by atoms with van der Waals surface area (Å²) in [4.78, 5) is 0. The number of benzene rings is 2. The summed E-state index contributed by atoms with van der Waals surface area (Å²) in [7, 11) is 0. The molecule has 2 aromatic carbocycles. The van der Waals surface area contributed by atoms with E-state index in [1.807, 2.05) is 16.7 Å². The van der Waals surface area contributed by atoms with Crippen molar-refractivity contribution >= 4 is 12.2 Å². The number of aromatic hydroxyl groups is 1. The van der Waals surface area contributed by atoms with Gasteiger partial charge >= 0.3 is 0 Å². The summed E-state index contributed by atoms with van der Waals surface area (Å²) < 4.78 is 2.48. The topological polar surface area (TPSA) is 53.8 Å². The normalized spacial score (nSPS) is 11.2. The van der Waals surface area contributed by atoms with Crippen LogP contribution in [0.3, 0.4) is 0 Å². The third-order valence-corrected chi connectivity index (χ3v) is 4.62. The van der Waals surface area contributed by atoms with Crippen molar-refractivity contribution in [1.29, 1.82) is 0 Å². The number of rotatable bonds is 4. The molecule has 0 spiro atoms. The van der Waals surface area contributed by atoms with Crippen molar-refractivity contribution < 1.29 is 5.11 Å². The van der Waals surface area contributed by atoms with Gasteiger partial charge in [-0.3, -0.25) is 9.67 Å². The summed E-state index contributed by atoms with van der Waals surface area (Å²) in [6.07, 6.45) is 0. The van der Waals surface area contributed by atoms with Crippen LogP contribution in [0.25, 0.3) is 11.4 Å². The Labute approximate surface area is 153 Å². The third-order valence-electron chi connectivity index (χ3n) is 4.31. The van der Waals surface area contributed by atoms with Crippen LogP contribution in [0, 0.1) is 18.6 Å². The molecule has 25 heavy (non-hydrogen) atoms. The fourth-order valence-electron chi connectivity index (χ4n) is 3.10. The highest BCUT2D eigenvalue weighted by Gasteiger charge is 2.15. The van der Waals surface area contributed by atoms with Gasteiger partial charge in [-0.15, -0.1) is 0 Å². The number of phenols is 1. The molecule has 4 nitrogen and oxygen atoms in total. The average Bonchev–Trinajstić information content (AvgIpc) is 2.87. The van der Waals surface area contributed by atoms with Crippen molar-refractivity contribution in [3.05, 3.63) is 63.4 Å². The molecular formula is C20H23N3OS. The quantitative estimate of drug-likeness (QED) is 0.642. The summed E-state index contributed by atoms with van der Waals surface area (Å²) in [6.45, 7) is 9.04. The summed E-state index contributed by atoms with van der Waals surface area (Å²) in [5, 5.41) is 17.6. The lowest BCUT2D eigenvalue weighted by atomic mass is 10.00. The fraction of sp³-hybridized carbons (Fsp3) is 0.300. The van der Waals surface area contributed by atoms with Crippen molar-refractivity contribution in [1.82, 2.24) is 14.8 Å². The molecule has 0 aliphatic heterocycles. The smallest absolute Gasteiger partial charge is 0.195 e. The summed E-state index contributed by atoms with van der Waals surface area (Å²) in [6, 6.07) is 12.1. The maximum absolute atomic E-state index is 10.4. The molecule has 0 amide bonds. The van der Waals surface area contributed by atoms with E-state index in [1.54, 1.807) is 6.07 Å². The SMILES string of the molecule is Cc1cc(C)cc(Cn2c(-c3cc(C(C)C)ccc3O)n[nH]c2=S)c1. The molecule has 1 heterocycles. The molecule has 0 unspecified atom stereocenters. The number of nitrogens with one attached hydrogen (secondary N) is 1. The molecule has 0 saturated heterocycles. The van der Waals surface area contributed by atoms with Gasteiger partial charge in [-0.05, 0) is 55.2 Å². The predicted molar refractivity (Wildman–Crippen MR) is 104 cm³/mol. The minimum absolute atomic E-state index is 0.208. The van der Waals surface area contributed by atoms with Gasteiger partial charge < -0.3 is 5.11 Å². The Balaban J connectivity index is 2.08. The molecule has 0 aliphatic rings. The largest absolute Gasteiger partial charge is 0.507 e. The van der Waals surface area contributed by atoms with E-state index in [9.17, 15) is 5.11 Å². The van der Waals surface area contributed by atoms with Gasteiger partial charge in [0.15, 0.2) is 10.6 Å². The van der Waals surface area contributed by atoms with E-state index in [0.717, 1.165) is 11.1 Å². The number of aromatic amines is 1. The molecule has 0 radical (unpaired) electrons. The molecule has 5 heteroatoms. The van der Waals surface area contributed by atoms with Crippen molar-refractivity contribution in [2.75, 3.05) is 0 Å². The highest BCUT2D eigenvalue weighted by Crippen LogP contribution is 2.31. The number of aromatic nitrogens is 3. The Kier molecular flexibility index (Phi) is 4.77. The zero-order valence-electron chi connectivity index (χ0n) is 15.0. The van der Waals surface area contributed by atoms with Crippen molar-refractivity contribution in [2.24, 2.45) is 0 Å². The summed E-state index contributed by atoms with van der Waals surface area (Å²) >= 11 is 5.43. The standard InChI is InChI=1S/C20H23N3OS/c1-12(2)16-5-6-18(24)17(10-16)19-21-22-20(25)23(19)11-15-8-13(3)7-14(4)9-15/h5-10,12,24H,11H2,1-4H3,(H,22,25). The minimum atomic E-state index is 0.208. The molecule has 0 fully saturated rings. The monoisotopic (exact) mass is 353 g/mol. The number of H-pyrrole nitrogens is 1. The van der Waals surface area contributed by atoms with Gasteiger partial charge in [0, 0.05) is 0 Å². The van der Waals surface area contributed by atoms with Crippen molar-refractivity contribution in [3.63, 3.8) is 0 Å². The maximum atomic E-state index is 10.4. The Hall–Kier alpha value is -2.40. The molecule has 0 aliphatic carbocycles. The van der Waals surface area contributed by atoms with Crippen LogP contribution in [0.15, 0.2) is 36.4 Å². The lowest BCUT2D eigenvalue weighted by Crippen LogP contribution is -2.04. The molecule has 130 valence electrons. The first kappa shape index (κ1) is 17.4. The van der Waals surface area contributed by atoms with E-state index < -0.39 is 0 Å². The first-order chi connectivity index (χ1) is 11.8. The van der Waals surface area contributed by atoms with Crippen LogP contribution in [-0.4, -0.2) is 19.9 Å². The first-order valence-electron chi connectivity index (χ1n) is 8.41. The third kappa shape index (κ3) is 3.66. The first-order valence-corrected chi connectivity index (χ1v) is 8.81. The van der Waals surface area contributed by atoms with E-state index in [-0.39, 0.29) is 5.75 Å². The van der Waals surface area contributed by atoms with Crippen molar-refractivity contribution in [2.45, 2.75) is 40.2 Å². The molecule has 3 rings (SSSR count). The molecular weight excluding hydrogens is 330 g/mol. The average molecular weight is 353 g/mol. The van der Waals surface area contributed by atoms with Gasteiger partial charge in [0.1, 0.15) is 5.75 Å². The molecule has 2 N–H and O–H groups in total. The highest BCUT2D eigenvalue weighted by atomic mass is 32.1. The molecule has 0 saturated carbocycles. The highest BCUT2D eigenvalue weighted by molar-refractivity contribution is 7.71. The van der Waals surface area contributed by atoms with Crippen LogP contribution >= 0.6 is 12.2 Å². The van der Waals surface area contributed by atoms with Gasteiger partial charge in [0.2, 0.25) is 0 Å². The second-order valence-corrected chi connectivity index (χ2v) is 7.25. The van der Waals surface area contributed by atoms with E-state index >= 15 is 0 Å². The molecule has 1 aromatic heterocycles. The van der Waals surface area contributed by atoms with Crippen LogP contribution in [0.4, 0.5) is 0 Å². The van der Waals surface area contributed by atoms with Gasteiger partial charge in [-0.2, -0.15) is 5.10 Å². The Morgan fingerprint density at radius 1 is 1.12 bits per heavy atom.